The number of fused-ring (bicyclic) bond motifs is 5. The van der Waals surface area contributed by atoms with Crippen LogP contribution in [0.3, 0.4) is 0 Å². The van der Waals surface area contributed by atoms with Crippen LogP contribution in [-0.4, -0.2) is 37.3 Å². The van der Waals surface area contributed by atoms with Crippen LogP contribution in [0, 0.1) is 5.92 Å². The van der Waals surface area contributed by atoms with Crippen LogP contribution in [0.15, 0.2) is 5.16 Å². The first-order chi connectivity index (χ1) is 14.1. The number of rotatable bonds is 5. The summed E-state index contributed by atoms with van der Waals surface area (Å²) in [6.45, 7) is 4.45. The van der Waals surface area contributed by atoms with E-state index in [4.69, 9.17) is 4.98 Å². The number of hydrogen-bond acceptors (Lipinski definition) is 6. The second kappa shape index (κ2) is 7.87. The molecule has 0 aromatic carbocycles. The van der Waals surface area contributed by atoms with Crippen LogP contribution >= 0.6 is 23.1 Å². The summed E-state index contributed by atoms with van der Waals surface area (Å²) in [6.07, 6.45) is 8.92. The Morgan fingerprint density at radius 2 is 2.10 bits per heavy atom. The second-order valence-corrected chi connectivity index (χ2v) is 10.4. The molecule has 0 radical (unpaired) electrons. The van der Waals surface area contributed by atoms with Crippen molar-refractivity contribution in [1.82, 2.24) is 24.9 Å². The predicted molar refractivity (Wildman–Crippen MR) is 118 cm³/mol. The molecule has 29 heavy (non-hydrogen) atoms. The maximum absolute atomic E-state index is 12.4. The molecule has 0 unspecified atom stereocenters. The molecule has 1 amide bonds. The van der Waals surface area contributed by atoms with Gasteiger partial charge in [0.1, 0.15) is 10.7 Å². The van der Waals surface area contributed by atoms with Gasteiger partial charge in [-0.2, -0.15) is 0 Å². The van der Waals surface area contributed by atoms with Crippen molar-refractivity contribution in [3.63, 3.8) is 0 Å². The highest BCUT2D eigenvalue weighted by molar-refractivity contribution is 7.99. The summed E-state index contributed by atoms with van der Waals surface area (Å²) in [5.74, 6) is 2.17. The Labute approximate surface area is 178 Å². The molecular weight excluding hydrogens is 402 g/mol. The molecule has 3 heterocycles. The van der Waals surface area contributed by atoms with E-state index in [1.54, 1.807) is 0 Å². The smallest absolute Gasteiger partial charge is 0.230 e. The van der Waals surface area contributed by atoms with Crippen molar-refractivity contribution in [3.05, 3.63) is 16.3 Å². The number of thiophene rings is 1. The van der Waals surface area contributed by atoms with E-state index >= 15 is 0 Å². The van der Waals surface area contributed by atoms with Gasteiger partial charge in [0.2, 0.25) is 5.91 Å². The second-order valence-electron chi connectivity index (χ2n) is 8.39. The molecule has 1 N–H and O–H groups in total. The Morgan fingerprint density at radius 3 is 2.90 bits per heavy atom. The highest BCUT2D eigenvalue weighted by Crippen LogP contribution is 2.39. The fourth-order valence-electron chi connectivity index (χ4n) is 4.68. The number of amides is 1. The van der Waals surface area contributed by atoms with E-state index in [1.807, 2.05) is 11.3 Å². The zero-order valence-corrected chi connectivity index (χ0v) is 18.7. The summed E-state index contributed by atoms with van der Waals surface area (Å²) in [4.78, 5) is 19.9. The summed E-state index contributed by atoms with van der Waals surface area (Å²) in [7, 11) is 0. The summed E-state index contributed by atoms with van der Waals surface area (Å²) >= 11 is 3.30. The quantitative estimate of drug-likeness (QED) is 0.616. The Hall–Kier alpha value is -1.67. The highest BCUT2D eigenvalue weighted by atomic mass is 32.2. The van der Waals surface area contributed by atoms with Crippen molar-refractivity contribution < 1.29 is 4.79 Å². The van der Waals surface area contributed by atoms with Gasteiger partial charge in [-0.25, -0.2) is 4.98 Å². The number of hydrogen-bond donors (Lipinski definition) is 1. The molecule has 0 spiro atoms. The van der Waals surface area contributed by atoms with Crippen molar-refractivity contribution in [3.8, 4) is 0 Å². The molecule has 3 aromatic heterocycles. The minimum atomic E-state index is 0.0904. The lowest BCUT2D eigenvalue weighted by Gasteiger charge is -2.17. The largest absolute Gasteiger partial charge is 0.353 e. The van der Waals surface area contributed by atoms with Gasteiger partial charge in [-0.1, -0.05) is 38.5 Å². The van der Waals surface area contributed by atoms with E-state index in [0.717, 1.165) is 59.5 Å². The molecule has 2 aliphatic carbocycles. The Bertz CT molecular complexity index is 1070. The minimum Gasteiger partial charge on any atom is -0.353 e. The van der Waals surface area contributed by atoms with Gasteiger partial charge >= 0.3 is 0 Å². The number of nitrogens with one attached hydrogen (secondary N) is 1. The minimum absolute atomic E-state index is 0.0904. The zero-order valence-electron chi connectivity index (χ0n) is 17.0. The third-order valence-corrected chi connectivity index (χ3v) is 8.28. The molecule has 3 aromatic rings. The summed E-state index contributed by atoms with van der Waals surface area (Å²) in [5.41, 5.74) is 2.34. The fourth-order valence-corrected chi connectivity index (χ4v) is 6.84. The van der Waals surface area contributed by atoms with Crippen LogP contribution in [0.2, 0.25) is 0 Å². The number of carbonyl (C=O) groups is 1. The average Bonchev–Trinajstić information content (AvgIpc) is 3.43. The lowest BCUT2D eigenvalue weighted by Crippen LogP contribution is -2.33. The van der Waals surface area contributed by atoms with Crippen LogP contribution < -0.4 is 5.32 Å². The SMILES string of the molecule is CCc1nc2sc3c(c2c2nnc(SCC(=O)NC4CCCC4)n12)CC[C@@H](C)C3. The van der Waals surface area contributed by atoms with Gasteiger partial charge in [0, 0.05) is 17.3 Å². The lowest BCUT2D eigenvalue weighted by molar-refractivity contribution is -0.119. The molecule has 154 valence electrons. The van der Waals surface area contributed by atoms with Gasteiger partial charge < -0.3 is 5.32 Å². The van der Waals surface area contributed by atoms with Gasteiger partial charge in [0.25, 0.3) is 0 Å². The first-order valence-corrected chi connectivity index (χ1v) is 12.5. The van der Waals surface area contributed by atoms with E-state index in [1.165, 1.54) is 46.9 Å². The Kier molecular flexibility index (Phi) is 5.24. The van der Waals surface area contributed by atoms with Crippen molar-refractivity contribution in [1.29, 1.82) is 0 Å². The van der Waals surface area contributed by atoms with Gasteiger partial charge in [0.05, 0.1) is 11.1 Å². The standard InChI is InChI=1S/C21H27N5OS2/c1-3-16-23-20-18(14-9-8-12(2)10-15(14)29-20)19-24-25-21(26(16)19)28-11-17(27)22-13-6-4-5-7-13/h12-13H,3-11H2,1-2H3,(H,22,27)/t12-/m1/s1. The molecule has 1 atom stereocenters. The lowest BCUT2D eigenvalue weighted by atomic mass is 9.89. The highest BCUT2D eigenvalue weighted by Gasteiger charge is 2.25. The van der Waals surface area contributed by atoms with E-state index in [-0.39, 0.29) is 5.91 Å². The van der Waals surface area contributed by atoms with Gasteiger partial charge in [-0.05, 0) is 43.6 Å². The van der Waals surface area contributed by atoms with Crippen LogP contribution in [0.5, 0.6) is 0 Å². The molecular formula is C21H27N5OS2. The van der Waals surface area contributed by atoms with Gasteiger partial charge in [-0.3, -0.25) is 9.20 Å². The van der Waals surface area contributed by atoms with Crippen LogP contribution in [-0.2, 0) is 24.1 Å². The third-order valence-electron chi connectivity index (χ3n) is 6.21. The number of thioether (sulfide) groups is 1. The molecule has 1 saturated carbocycles. The first-order valence-electron chi connectivity index (χ1n) is 10.7. The number of carbonyl (C=O) groups excluding carboxylic acids is 1. The maximum Gasteiger partial charge on any atom is 0.230 e. The first kappa shape index (κ1) is 19.3. The average molecular weight is 430 g/mol. The molecule has 8 heteroatoms. The summed E-state index contributed by atoms with van der Waals surface area (Å²) in [5, 5.41) is 14.1. The van der Waals surface area contributed by atoms with Crippen LogP contribution in [0.4, 0.5) is 0 Å². The van der Waals surface area contributed by atoms with E-state index in [2.05, 4.69) is 33.8 Å². The third kappa shape index (κ3) is 3.54. The van der Waals surface area contributed by atoms with Crippen molar-refractivity contribution in [2.24, 2.45) is 5.92 Å². The van der Waals surface area contributed by atoms with Crippen LogP contribution in [0.25, 0.3) is 15.9 Å². The number of nitrogens with zero attached hydrogens (tertiary/aromatic N) is 4. The monoisotopic (exact) mass is 429 g/mol. The molecule has 0 aliphatic heterocycles. The van der Waals surface area contributed by atoms with Crippen LogP contribution in [0.1, 0.15) is 62.2 Å². The van der Waals surface area contributed by atoms with Crippen molar-refractivity contribution in [2.75, 3.05) is 5.75 Å². The van der Waals surface area contributed by atoms with Crippen molar-refractivity contribution in [2.45, 2.75) is 76.4 Å². The number of aryl methyl sites for hydroxylation is 2. The van der Waals surface area contributed by atoms with E-state index in [9.17, 15) is 4.79 Å². The van der Waals surface area contributed by atoms with Crippen molar-refractivity contribution >= 4 is 44.9 Å². The Morgan fingerprint density at radius 1 is 1.28 bits per heavy atom. The molecule has 1 fully saturated rings. The van der Waals surface area contributed by atoms with Gasteiger partial charge in [0.15, 0.2) is 10.8 Å². The maximum atomic E-state index is 12.4. The topological polar surface area (TPSA) is 72.2 Å². The molecule has 0 bridgehead atoms. The molecule has 0 saturated heterocycles. The molecule has 6 nitrogen and oxygen atoms in total. The van der Waals surface area contributed by atoms with E-state index < -0.39 is 0 Å². The Balaban J connectivity index is 1.47. The summed E-state index contributed by atoms with van der Waals surface area (Å²) < 4.78 is 2.08. The molecule has 2 aliphatic rings. The molecule has 5 rings (SSSR count). The van der Waals surface area contributed by atoms with Gasteiger partial charge in [-0.15, -0.1) is 21.5 Å². The predicted octanol–water partition coefficient (Wildman–Crippen LogP) is 4.18. The number of aromatic nitrogens is 4. The fraction of sp³-hybridized carbons (Fsp3) is 0.619. The zero-order chi connectivity index (χ0) is 20.0. The normalized spacial score (nSPS) is 19.9. The van der Waals surface area contributed by atoms with E-state index in [0.29, 0.717) is 11.8 Å². The summed E-state index contributed by atoms with van der Waals surface area (Å²) in [6, 6.07) is 0.352.